The molecule has 0 aromatic heterocycles. The largest absolute Gasteiger partial charge is 0.399 e. The van der Waals surface area contributed by atoms with Gasteiger partial charge in [-0.05, 0) is 42.3 Å². The van der Waals surface area contributed by atoms with Crippen LogP contribution in [-0.4, -0.2) is 8.42 Å². The van der Waals surface area contributed by atoms with Crippen molar-refractivity contribution >= 4 is 31.6 Å². The van der Waals surface area contributed by atoms with E-state index in [0.29, 0.717) is 11.3 Å². The second-order valence-electron chi connectivity index (χ2n) is 4.48. The minimum absolute atomic E-state index is 0.215. The van der Waals surface area contributed by atoms with Crippen LogP contribution in [0.5, 0.6) is 0 Å². The van der Waals surface area contributed by atoms with Crippen LogP contribution in [0.25, 0.3) is 0 Å². The number of sulfonamides is 1. The van der Waals surface area contributed by atoms with Crippen LogP contribution in [0, 0.1) is 6.92 Å². The molecule has 0 bridgehead atoms. The van der Waals surface area contributed by atoms with E-state index in [-0.39, 0.29) is 11.4 Å². The minimum atomic E-state index is -3.57. The van der Waals surface area contributed by atoms with Gasteiger partial charge in [0.05, 0.1) is 4.90 Å². The molecular formula is C14H15BrN2O2S. The molecule has 20 heavy (non-hydrogen) atoms. The molecule has 6 heteroatoms. The lowest BCUT2D eigenvalue weighted by molar-refractivity contribution is 0.580. The van der Waals surface area contributed by atoms with Crippen molar-refractivity contribution in [3.8, 4) is 0 Å². The molecule has 0 aliphatic carbocycles. The molecule has 2 aromatic carbocycles. The maximum Gasteiger partial charge on any atom is 0.241 e. The lowest BCUT2D eigenvalue weighted by atomic mass is 10.2. The average Bonchev–Trinajstić information content (AvgIpc) is 2.39. The minimum Gasteiger partial charge on any atom is -0.399 e. The summed E-state index contributed by atoms with van der Waals surface area (Å²) in [5.74, 6) is 0. The highest BCUT2D eigenvalue weighted by atomic mass is 79.9. The maximum atomic E-state index is 12.3. The van der Waals surface area contributed by atoms with Gasteiger partial charge in [0.1, 0.15) is 0 Å². The molecule has 0 aliphatic heterocycles. The van der Waals surface area contributed by atoms with Crippen LogP contribution < -0.4 is 10.5 Å². The van der Waals surface area contributed by atoms with Crippen molar-refractivity contribution in [3.63, 3.8) is 0 Å². The van der Waals surface area contributed by atoms with E-state index in [1.54, 1.807) is 19.1 Å². The summed E-state index contributed by atoms with van der Waals surface area (Å²) in [5.41, 5.74) is 7.63. The summed E-state index contributed by atoms with van der Waals surface area (Å²) in [6.07, 6.45) is 0. The summed E-state index contributed by atoms with van der Waals surface area (Å²) in [6.45, 7) is 1.98. The molecule has 2 aromatic rings. The molecule has 0 spiro atoms. The second-order valence-corrected chi connectivity index (χ2v) is 7.13. The number of nitrogen functional groups attached to an aromatic ring is 1. The van der Waals surface area contributed by atoms with Gasteiger partial charge in [0.15, 0.2) is 0 Å². The van der Waals surface area contributed by atoms with Crippen molar-refractivity contribution < 1.29 is 8.42 Å². The summed E-state index contributed by atoms with van der Waals surface area (Å²) in [6, 6.07) is 12.3. The van der Waals surface area contributed by atoms with Crippen LogP contribution in [0.1, 0.15) is 11.1 Å². The van der Waals surface area contributed by atoms with Crippen LogP contribution in [0.2, 0.25) is 0 Å². The fourth-order valence-electron chi connectivity index (χ4n) is 1.81. The molecule has 0 fully saturated rings. The normalized spacial score (nSPS) is 11.5. The van der Waals surface area contributed by atoms with Crippen molar-refractivity contribution in [2.75, 3.05) is 5.73 Å². The monoisotopic (exact) mass is 354 g/mol. The number of nitrogens with one attached hydrogen (secondary N) is 1. The number of halogens is 1. The summed E-state index contributed by atoms with van der Waals surface area (Å²) in [4.78, 5) is 0.215. The predicted molar refractivity (Wildman–Crippen MR) is 83.8 cm³/mol. The molecule has 0 saturated heterocycles. The van der Waals surface area contributed by atoms with Crippen LogP contribution in [0.15, 0.2) is 51.8 Å². The van der Waals surface area contributed by atoms with Crippen LogP contribution >= 0.6 is 15.9 Å². The van der Waals surface area contributed by atoms with E-state index in [1.807, 2.05) is 24.3 Å². The van der Waals surface area contributed by atoms with Crippen molar-refractivity contribution in [1.29, 1.82) is 0 Å². The number of rotatable bonds is 4. The smallest absolute Gasteiger partial charge is 0.241 e. The Kier molecular flexibility index (Phi) is 4.47. The highest BCUT2D eigenvalue weighted by Crippen LogP contribution is 2.19. The molecule has 0 atom stereocenters. The quantitative estimate of drug-likeness (QED) is 0.829. The number of nitrogens with two attached hydrogens (primary N) is 1. The average molecular weight is 355 g/mol. The van der Waals surface area contributed by atoms with E-state index in [2.05, 4.69) is 20.7 Å². The number of aryl methyl sites for hydroxylation is 1. The van der Waals surface area contributed by atoms with Gasteiger partial charge < -0.3 is 5.73 Å². The van der Waals surface area contributed by atoms with E-state index in [4.69, 9.17) is 5.73 Å². The van der Waals surface area contributed by atoms with Gasteiger partial charge in [-0.25, -0.2) is 13.1 Å². The van der Waals surface area contributed by atoms with Gasteiger partial charge in [0.2, 0.25) is 10.0 Å². The summed E-state index contributed by atoms with van der Waals surface area (Å²) < 4.78 is 28.1. The molecule has 4 nitrogen and oxygen atoms in total. The van der Waals surface area contributed by atoms with E-state index in [1.165, 1.54) is 6.07 Å². The first-order chi connectivity index (χ1) is 9.38. The summed E-state index contributed by atoms with van der Waals surface area (Å²) in [5, 5.41) is 0. The summed E-state index contributed by atoms with van der Waals surface area (Å²) >= 11 is 3.35. The van der Waals surface area contributed by atoms with E-state index < -0.39 is 10.0 Å². The third-order valence-corrected chi connectivity index (χ3v) is 4.89. The zero-order valence-corrected chi connectivity index (χ0v) is 13.3. The molecule has 0 aliphatic rings. The topological polar surface area (TPSA) is 72.2 Å². The zero-order valence-electron chi connectivity index (χ0n) is 10.9. The van der Waals surface area contributed by atoms with Crippen molar-refractivity contribution in [1.82, 2.24) is 4.72 Å². The first-order valence-corrected chi connectivity index (χ1v) is 8.26. The van der Waals surface area contributed by atoms with Crippen LogP contribution in [-0.2, 0) is 16.6 Å². The molecule has 3 N–H and O–H groups in total. The number of hydrogen-bond donors (Lipinski definition) is 2. The standard InChI is InChI=1S/C14H15BrN2O2S/c1-10-5-6-13(16)8-14(10)20(18,19)17-9-11-3-2-4-12(15)7-11/h2-8,17H,9,16H2,1H3. The number of anilines is 1. The molecule has 0 unspecified atom stereocenters. The van der Waals surface area contributed by atoms with Gasteiger partial charge in [-0.3, -0.25) is 0 Å². The van der Waals surface area contributed by atoms with Gasteiger partial charge >= 0.3 is 0 Å². The lowest BCUT2D eigenvalue weighted by Gasteiger charge is -2.10. The molecule has 106 valence electrons. The highest BCUT2D eigenvalue weighted by molar-refractivity contribution is 9.10. The van der Waals surface area contributed by atoms with E-state index in [0.717, 1.165) is 10.0 Å². The Labute approximate surface area is 127 Å². The maximum absolute atomic E-state index is 12.3. The molecule has 0 amide bonds. The Morgan fingerprint density at radius 1 is 1.20 bits per heavy atom. The Bertz CT molecular complexity index is 730. The van der Waals surface area contributed by atoms with Gasteiger partial charge in [-0.15, -0.1) is 0 Å². The third-order valence-electron chi connectivity index (χ3n) is 2.86. The van der Waals surface area contributed by atoms with Gasteiger partial charge in [-0.2, -0.15) is 0 Å². The fraction of sp³-hybridized carbons (Fsp3) is 0.143. The van der Waals surface area contributed by atoms with E-state index in [9.17, 15) is 8.42 Å². The van der Waals surface area contributed by atoms with Crippen molar-refractivity contribution in [2.24, 2.45) is 0 Å². The lowest BCUT2D eigenvalue weighted by Crippen LogP contribution is -2.24. The Morgan fingerprint density at radius 2 is 1.95 bits per heavy atom. The molecular weight excluding hydrogens is 340 g/mol. The molecule has 0 heterocycles. The van der Waals surface area contributed by atoms with Gasteiger partial charge in [-0.1, -0.05) is 34.1 Å². The number of benzene rings is 2. The van der Waals surface area contributed by atoms with Crippen molar-refractivity contribution in [3.05, 3.63) is 58.1 Å². The van der Waals surface area contributed by atoms with Crippen LogP contribution in [0.3, 0.4) is 0 Å². The molecule has 0 saturated carbocycles. The van der Waals surface area contributed by atoms with Gasteiger partial charge in [0, 0.05) is 16.7 Å². The highest BCUT2D eigenvalue weighted by Gasteiger charge is 2.16. The SMILES string of the molecule is Cc1ccc(N)cc1S(=O)(=O)NCc1cccc(Br)c1. The molecule has 2 rings (SSSR count). The zero-order chi connectivity index (χ0) is 14.8. The second kappa shape index (κ2) is 5.95. The third kappa shape index (κ3) is 3.59. The first-order valence-electron chi connectivity index (χ1n) is 5.99. The predicted octanol–water partition coefficient (Wildman–Crippen LogP) is 2.82. The van der Waals surface area contributed by atoms with Gasteiger partial charge in [0.25, 0.3) is 0 Å². The number of hydrogen-bond acceptors (Lipinski definition) is 3. The Balaban J connectivity index is 2.21. The first kappa shape index (κ1) is 15.0. The Morgan fingerprint density at radius 3 is 2.65 bits per heavy atom. The summed E-state index contributed by atoms with van der Waals surface area (Å²) in [7, 11) is -3.57. The van der Waals surface area contributed by atoms with E-state index >= 15 is 0 Å². The van der Waals surface area contributed by atoms with Crippen molar-refractivity contribution in [2.45, 2.75) is 18.4 Å². The molecule has 0 radical (unpaired) electrons. The van der Waals surface area contributed by atoms with Crippen LogP contribution in [0.4, 0.5) is 5.69 Å². The fourth-order valence-corrected chi connectivity index (χ4v) is 3.55. The Hall–Kier alpha value is -1.37.